The van der Waals surface area contributed by atoms with E-state index in [-0.39, 0.29) is 12.6 Å². The van der Waals surface area contributed by atoms with Crippen LogP contribution >= 0.6 is 0 Å². The summed E-state index contributed by atoms with van der Waals surface area (Å²) in [6.07, 6.45) is 4.91. The molecule has 0 atom stereocenters. The Labute approximate surface area is 185 Å². The number of unbranched alkanes of at least 4 members (excludes halogenated alkanes) is 2. The number of likely N-dealkylation sites (N-methyl/N-ethyl adjacent to an activating group) is 1. The number of ether oxygens (including phenoxy) is 2. The van der Waals surface area contributed by atoms with Crippen LogP contribution in [0.1, 0.15) is 31.7 Å². The SMILES string of the molecule is C=C(CN(C)C)C(=O)OCCOc1ccc2cc3cc(CCCCC)ccc3cc2c1. The molecule has 0 aliphatic carbocycles. The van der Waals surface area contributed by atoms with E-state index in [1.807, 2.05) is 31.1 Å². The molecule has 0 amide bonds. The van der Waals surface area contributed by atoms with Gasteiger partial charge >= 0.3 is 5.97 Å². The van der Waals surface area contributed by atoms with Crippen LogP contribution in [-0.4, -0.2) is 44.7 Å². The van der Waals surface area contributed by atoms with Crippen LogP contribution in [0.3, 0.4) is 0 Å². The van der Waals surface area contributed by atoms with Crippen LogP contribution in [0.5, 0.6) is 5.75 Å². The first-order valence-electron chi connectivity index (χ1n) is 11.0. The second kappa shape index (κ2) is 11.0. The number of hydrogen-bond donors (Lipinski definition) is 0. The monoisotopic (exact) mass is 419 g/mol. The molecule has 4 nitrogen and oxygen atoms in total. The third kappa shape index (κ3) is 6.56. The summed E-state index contributed by atoms with van der Waals surface area (Å²) in [6.45, 7) is 6.98. The fraction of sp³-hybridized carbons (Fsp3) is 0.370. The van der Waals surface area contributed by atoms with E-state index >= 15 is 0 Å². The van der Waals surface area contributed by atoms with Crippen LogP contribution in [0.4, 0.5) is 0 Å². The van der Waals surface area contributed by atoms with Crippen molar-refractivity contribution in [3.05, 3.63) is 66.2 Å². The Kier molecular flexibility index (Phi) is 8.07. The molecule has 0 N–H and O–H groups in total. The molecular weight excluding hydrogens is 386 g/mol. The number of aryl methyl sites for hydroxylation is 1. The number of benzene rings is 3. The molecule has 3 aromatic rings. The Hall–Kier alpha value is -2.85. The number of carbonyl (C=O) groups excluding carboxylic acids is 1. The highest BCUT2D eigenvalue weighted by Crippen LogP contribution is 2.27. The van der Waals surface area contributed by atoms with Crippen LogP contribution in [-0.2, 0) is 16.0 Å². The van der Waals surface area contributed by atoms with Gasteiger partial charge in [0.05, 0.1) is 0 Å². The van der Waals surface area contributed by atoms with Crippen molar-refractivity contribution in [3.63, 3.8) is 0 Å². The van der Waals surface area contributed by atoms with Gasteiger partial charge in [-0.3, -0.25) is 0 Å². The molecular formula is C27H33NO3. The third-order valence-corrected chi connectivity index (χ3v) is 5.28. The van der Waals surface area contributed by atoms with E-state index in [0.717, 1.165) is 17.6 Å². The minimum absolute atomic E-state index is 0.196. The zero-order valence-corrected chi connectivity index (χ0v) is 18.9. The van der Waals surface area contributed by atoms with E-state index in [1.165, 1.54) is 41.0 Å². The lowest BCUT2D eigenvalue weighted by Crippen LogP contribution is -2.22. The van der Waals surface area contributed by atoms with Gasteiger partial charge in [-0.25, -0.2) is 4.79 Å². The topological polar surface area (TPSA) is 38.8 Å². The summed E-state index contributed by atoms with van der Waals surface area (Å²) < 4.78 is 11.0. The zero-order valence-electron chi connectivity index (χ0n) is 18.9. The fourth-order valence-electron chi connectivity index (χ4n) is 3.69. The first kappa shape index (κ1) is 22.8. The van der Waals surface area contributed by atoms with Gasteiger partial charge in [0.2, 0.25) is 0 Å². The van der Waals surface area contributed by atoms with Crippen LogP contribution in [0, 0.1) is 0 Å². The summed E-state index contributed by atoms with van der Waals surface area (Å²) in [5, 5.41) is 4.84. The highest BCUT2D eigenvalue weighted by atomic mass is 16.6. The summed E-state index contributed by atoms with van der Waals surface area (Å²) >= 11 is 0. The summed E-state index contributed by atoms with van der Waals surface area (Å²) in [6, 6.07) is 17.3. The highest BCUT2D eigenvalue weighted by molar-refractivity contribution is 5.98. The molecule has 0 spiro atoms. The molecule has 0 saturated carbocycles. The average Bonchev–Trinajstić information content (AvgIpc) is 2.74. The molecule has 164 valence electrons. The van der Waals surface area contributed by atoms with Gasteiger partial charge in [-0.05, 0) is 78.3 Å². The number of esters is 1. The second-order valence-corrected chi connectivity index (χ2v) is 8.33. The van der Waals surface area contributed by atoms with Gasteiger partial charge in [0.1, 0.15) is 19.0 Å². The fourth-order valence-corrected chi connectivity index (χ4v) is 3.69. The number of rotatable bonds is 11. The van der Waals surface area contributed by atoms with Gasteiger partial charge in [-0.15, -0.1) is 0 Å². The molecule has 0 heterocycles. The van der Waals surface area contributed by atoms with Crippen molar-refractivity contribution in [2.75, 3.05) is 33.9 Å². The van der Waals surface area contributed by atoms with Crippen molar-refractivity contribution >= 4 is 27.5 Å². The molecule has 4 heteroatoms. The average molecular weight is 420 g/mol. The Bertz CT molecular complexity index is 1050. The van der Waals surface area contributed by atoms with E-state index in [2.05, 4.69) is 49.9 Å². The summed E-state index contributed by atoms with van der Waals surface area (Å²) in [5.74, 6) is 0.391. The quantitative estimate of drug-likeness (QED) is 0.171. The summed E-state index contributed by atoms with van der Waals surface area (Å²) in [5.41, 5.74) is 1.85. The van der Waals surface area contributed by atoms with Crippen LogP contribution in [0.15, 0.2) is 60.7 Å². The summed E-state index contributed by atoms with van der Waals surface area (Å²) in [7, 11) is 3.77. The highest BCUT2D eigenvalue weighted by Gasteiger charge is 2.09. The van der Waals surface area contributed by atoms with Gasteiger partial charge in [-0.1, -0.05) is 50.6 Å². The predicted octanol–water partition coefficient (Wildman–Crippen LogP) is 5.77. The van der Waals surface area contributed by atoms with Crippen LogP contribution in [0.2, 0.25) is 0 Å². The smallest absolute Gasteiger partial charge is 0.334 e. The maximum Gasteiger partial charge on any atom is 0.334 e. The number of nitrogens with zero attached hydrogens (tertiary/aromatic N) is 1. The lowest BCUT2D eigenvalue weighted by molar-refractivity contribution is -0.139. The largest absolute Gasteiger partial charge is 0.490 e. The van der Waals surface area contributed by atoms with Crippen LogP contribution < -0.4 is 4.74 Å². The number of hydrogen-bond acceptors (Lipinski definition) is 4. The lowest BCUT2D eigenvalue weighted by atomic mass is 9.99. The van der Waals surface area contributed by atoms with E-state index in [9.17, 15) is 4.79 Å². The Morgan fingerprint density at radius 2 is 1.61 bits per heavy atom. The molecule has 3 rings (SSSR count). The molecule has 0 fully saturated rings. The number of fused-ring (bicyclic) bond motifs is 2. The molecule has 31 heavy (non-hydrogen) atoms. The maximum absolute atomic E-state index is 11.9. The predicted molar refractivity (Wildman–Crippen MR) is 129 cm³/mol. The molecule has 0 radical (unpaired) electrons. The van der Waals surface area contributed by atoms with Crippen molar-refractivity contribution in [1.29, 1.82) is 0 Å². The van der Waals surface area contributed by atoms with Gasteiger partial charge in [0.15, 0.2) is 0 Å². The molecule has 0 aliphatic heterocycles. The standard InChI is InChI=1S/C27H33NO3/c1-5-6-7-8-21-9-10-22-17-25-18-26(12-11-23(25)16-24(22)15-21)30-13-14-31-27(29)20(2)19-28(3)4/h9-12,15-18H,2,5-8,13-14,19H2,1,3-4H3. The zero-order chi connectivity index (χ0) is 22.2. The van der Waals surface area contributed by atoms with Crippen molar-refractivity contribution in [3.8, 4) is 5.75 Å². The van der Waals surface area contributed by atoms with Crippen molar-refractivity contribution in [2.45, 2.75) is 32.6 Å². The number of carbonyl (C=O) groups is 1. The van der Waals surface area contributed by atoms with Gasteiger partial charge in [-0.2, -0.15) is 0 Å². The maximum atomic E-state index is 11.9. The van der Waals surface area contributed by atoms with Crippen molar-refractivity contribution < 1.29 is 14.3 Å². The lowest BCUT2D eigenvalue weighted by Gasteiger charge is -2.12. The Morgan fingerprint density at radius 3 is 2.32 bits per heavy atom. The molecule has 0 bridgehead atoms. The van der Waals surface area contributed by atoms with E-state index in [4.69, 9.17) is 9.47 Å². The minimum Gasteiger partial charge on any atom is -0.490 e. The first-order valence-corrected chi connectivity index (χ1v) is 11.0. The third-order valence-electron chi connectivity index (χ3n) is 5.28. The summed E-state index contributed by atoms with van der Waals surface area (Å²) in [4.78, 5) is 13.8. The molecule has 3 aromatic carbocycles. The van der Waals surface area contributed by atoms with Gasteiger partial charge in [0, 0.05) is 12.1 Å². The van der Waals surface area contributed by atoms with E-state index < -0.39 is 0 Å². The molecule has 0 aromatic heterocycles. The Balaban J connectivity index is 1.60. The van der Waals surface area contributed by atoms with Crippen molar-refractivity contribution in [1.82, 2.24) is 4.90 Å². The molecule has 0 saturated heterocycles. The van der Waals surface area contributed by atoms with E-state index in [0.29, 0.717) is 18.7 Å². The second-order valence-electron chi connectivity index (χ2n) is 8.33. The normalized spacial score (nSPS) is 11.2. The van der Waals surface area contributed by atoms with E-state index in [1.54, 1.807) is 0 Å². The molecule has 0 unspecified atom stereocenters. The van der Waals surface area contributed by atoms with Crippen LogP contribution in [0.25, 0.3) is 21.5 Å². The Morgan fingerprint density at radius 1 is 0.903 bits per heavy atom. The van der Waals surface area contributed by atoms with Gasteiger partial charge in [0.25, 0.3) is 0 Å². The molecule has 0 aliphatic rings. The van der Waals surface area contributed by atoms with Crippen molar-refractivity contribution in [2.24, 2.45) is 0 Å². The minimum atomic E-state index is -0.378. The first-order chi connectivity index (χ1) is 15.0. The van der Waals surface area contributed by atoms with Gasteiger partial charge < -0.3 is 14.4 Å².